The summed E-state index contributed by atoms with van der Waals surface area (Å²) in [6, 6.07) is 6.55. The van der Waals surface area contributed by atoms with Gasteiger partial charge in [0, 0.05) is 11.1 Å². The predicted molar refractivity (Wildman–Crippen MR) is 74.6 cm³/mol. The minimum absolute atomic E-state index is 0.375. The second-order valence-corrected chi connectivity index (χ2v) is 4.76. The van der Waals surface area contributed by atoms with Gasteiger partial charge in [-0.3, -0.25) is 4.79 Å². The highest BCUT2D eigenvalue weighted by molar-refractivity contribution is 5.87. The van der Waals surface area contributed by atoms with Crippen molar-refractivity contribution < 1.29 is 14.3 Å². The molecule has 0 saturated heterocycles. The van der Waals surface area contributed by atoms with Crippen LogP contribution >= 0.6 is 0 Å². The molecule has 0 bridgehead atoms. The monoisotopic (exact) mass is 261 g/mol. The van der Waals surface area contributed by atoms with Crippen LogP contribution in [0.3, 0.4) is 0 Å². The molecule has 1 saturated carbocycles. The van der Waals surface area contributed by atoms with Gasteiger partial charge in [-0.1, -0.05) is 0 Å². The van der Waals surface area contributed by atoms with Crippen LogP contribution in [0.5, 0.6) is 5.75 Å². The van der Waals surface area contributed by atoms with Crippen molar-refractivity contribution in [3.05, 3.63) is 29.5 Å². The lowest BCUT2D eigenvalue weighted by Crippen LogP contribution is -1.85. The highest BCUT2D eigenvalue weighted by atomic mass is 16.5. The maximum Gasteiger partial charge on any atom is 0.292 e. The Morgan fingerprint density at radius 2 is 1.95 bits per heavy atom. The van der Waals surface area contributed by atoms with Crippen molar-refractivity contribution in [2.75, 3.05) is 14.2 Å². The first-order chi connectivity index (χ1) is 9.19. The SMILES string of the molecule is COC=O.COc1cc(C)cc2cc(C3CC3)[nH]c12. The van der Waals surface area contributed by atoms with E-state index in [9.17, 15) is 0 Å². The zero-order valence-corrected chi connectivity index (χ0v) is 11.5. The molecule has 0 radical (unpaired) electrons. The second-order valence-electron chi connectivity index (χ2n) is 4.76. The molecule has 1 heterocycles. The summed E-state index contributed by atoms with van der Waals surface area (Å²) in [7, 11) is 3.04. The van der Waals surface area contributed by atoms with Crippen molar-refractivity contribution in [1.82, 2.24) is 4.98 Å². The Morgan fingerprint density at radius 1 is 1.26 bits per heavy atom. The number of hydrogen-bond donors (Lipinski definition) is 1. The summed E-state index contributed by atoms with van der Waals surface area (Å²) >= 11 is 0. The molecule has 0 atom stereocenters. The van der Waals surface area contributed by atoms with Gasteiger partial charge in [-0.25, -0.2) is 0 Å². The lowest BCUT2D eigenvalue weighted by atomic mass is 10.1. The van der Waals surface area contributed by atoms with Crippen molar-refractivity contribution in [1.29, 1.82) is 0 Å². The number of aromatic nitrogens is 1. The van der Waals surface area contributed by atoms with E-state index in [2.05, 4.69) is 34.8 Å². The highest BCUT2D eigenvalue weighted by Gasteiger charge is 2.25. The average molecular weight is 261 g/mol. The van der Waals surface area contributed by atoms with Crippen molar-refractivity contribution >= 4 is 17.4 Å². The molecule has 1 aromatic heterocycles. The molecule has 0 spiro atoms. The normalized spacial score (nSPS) is 13.6. The van der Waals surface area contributed by atoms with Crippen LogP contribution in [-0.2, 0) is 9.53 Å². The summed E-state index contributed by atoms with van der Waals surface area (Å²) in [5.74, 6) is 1.72. The largest absolute Gasteiger partial charge is 0.495 e. The molecule has 1 fully saturated rings. The van der Waals surface area contributed by atoms with Gasteiger partial charge >= 0.3 is 0 Å². The molecule has 4 nitrogen and oxygen atoms in total. The van der Waals surface area contributed by atoms with E-state index in [0.29, 0.717) is 6.47 Å². The van der Waals surface area contributed by atoms with Crippen LogP contribution < -0.4 is 4.74 Å². The molecule has 1 aliphatic rings. The second kappa shape index (κ2) is 5.78. The molecule has 0 unspecified atom stereocenters. The lowest BCUT2D eigenvalue weighted by molar-refractivity contribution is -0.126. The van der Waals surface area contributed by atoms with E-state index in [1.807, 2.05) is 0 Å². The van der Waals surface area contributed by atoms with Crippen LogP contribution in [0.4, 0.5) is 0 Å². The summed E-state index contributed by atoms with van der Waals surface area (Å²) in [6.07, 6.45) is 2.65. The van der Waals surface area contributed by atoms with Gasteiger partial charge in [0.25, 0.3) is 6.47 Å². The van der Waals surface area contributed by atoms with E-state index >= 15 is 0 Å². The summed E-state index contributed by atoms with van der Waals surface area (Å²) in [5.41, 5.74) is 3.76. The summed E-state index contributed by atoms with van der Waals surface area (Å²) in [6.45, 7) is 2.48. The number of ether oxygens (including phenoxy) is 2. The van der Waals surface area contributed by atoms with Crippen LogP contribution in [0.2, 0.25) is 0 Å². The number of fused-ring (bicyclic) bond motifs is 1. The molecule has 1 aliphatic carbocycles. The first kappa shape index (κ1) is 13.5. The maximum atomic E-state index is 8.95. The summed E-state index contributed by atoms with van der Waals surface area (Å²) in [4.78, 5) is 12.4. The van der Waals surface area contributed by atoms with Gasteiger partial charge in [-0.15, -0.1) is 0 Å². The third-order valence-electron chi connectivity index (χ3n) is 3.19. The quantitative estimate of drug-likeness (QED) is 0.863. The molecule has 102 valence electrons. The van der Waals surface area contributed by atoms with E-state index in [4.69, 9.17) is 9.53 Å². The Hall–Kier alpha value is -1.97. The summed E-state index contributed by atoms with van der Waals surface area (Å²) in [5, 5.41) is 1.27. The predicted octanol–water partition coefficient (Wildman–Crippen LogP) is 3.15. The Balaban J connectivity index is 0.000000297. The standard InChI is InChI=1S/C13H15NO.C2H4O2/c1-8-5-10-7-11(9-3-4-9)14-13(10)12(6-8)15-2;1-4-2-3/h5-7,9,14H,3-4H2,1-2H3;2H,1H3. The van der Waals surface area contributed by atoms with Gasteiger partial charge in [-0.05, 0) is 49.4 Å². The number of nitrogens with one attached hydrogen (secondary N) is 1. The van der Waals surface area contributed by atoms with E-state index < -0.39 is 0 Å². The molecular weight excluding hydrogens is 242 g/mol. The number of aryl methyl sites for hydroxylation is 1. The molecule has 0 amide bonds. The van der Waals surface area contributed by atoms with Gasteiger partial charge in [0.2, 0.25) is 0 Å². The number of carbonyl (C=O) groups is 1. The molecule has 4 heteroatoms. The average Bonchev–Trinajstić information content (AvgIpc) is 3.18. The minimum atomic E-state index is 0.375. The molecule has 1 aromatic carbocycles. The first-order valence-corrected chi connectivity index (χ1v) is 6.33. The Kier molecular flexibility index (Phi) is 4.10. The van der Waals surface area contributed by atoms with E-state index in [-0.39, 0.29) is 0 Å². The first-order valence-electron chi connectivity index (χ1n) is 6.33. The number of rotatable bonds is 3. The molecule has 2 aromatic rings. The number of carbonyl (C=O) groups excluding carboxylic acids is 1. The fourth-order valence-corrected chi connectivity index (χ4v) is 2.15. The number of H-pyrrole nitrogens is 1. The highest BCUT2D eigenvalue weighted by Crippen LogP contribution is 2.41. The molecular formula is C15H19NO3. The Bertz CT molecular complexity index is 570. The van der Waals surface area contributed by atoms with Gasteiger partial charge < -0.3 is 14.5 Å². The fraction of sp³-hybridized carbons (Fsp3) is 0.400. The third-order valence-corrected chi connectivity index (χ3v) is 3.19. The van der Waals surface area contributed by atoms with Crippen LogP contribution in [0.1, 0.15) is 30.0 Å². The van der Waals surface area contributed by atoms with Crippen molar-refractivity contribution in [2.24, 2.45) is 0 Å². The topological polar surface area (TPSA) is 51.3 Å². The van der Waals surface area contributed by atoms with E-state index in [1.54, 1.807) is 7.11 Å². The minimum Gasteiger partial charge on any atom is -0.495 e. The van der Waals surface area contributed by atoms with Gasteiger partial charge in [-0.2, -0.15) is 0 Å². The number of aromatic amines is 1. The van der Waals surface area contributed by atoms with Crippen LogP contribution in [0.15, 0.2) is 18.2 Å². The van der Waals surface area contributed by atoms with Crippen LogP contribution in [0, 0.1) is 6.92 Å². The van der Waals surface area contributed by atoms with Crippen LogP contribution in [-0.4, -0.2) is 25.7 Å². The van der Waals surface area contributed by atoms with Crippen molar-refractivity contribution in [3.8, 4) is 5.75 Å². The molecule has 3 rings (SSSR count). The number of hydrogen-bond acceptors (Lipinski definition) is 3. The smallest absolute Gasteiger partial charge is 0.292 e. The fourth-order valence-electron chi connectivity index (χ4n) is 2.15. The van der Waals surface area contributed by atoms with Crippen molar-refractivity contribution in [2.45, 2.75) is 25.7 Å². The Morgan fingerprint density at radius 3 is 2.47 bits per heavy atom. The van der Waals surface area contributed by atoms with E-state index in [1.165, 1.54) is 36.6 Å². The zero-order chi connectivity index (χ0) is 13.8. The summed E-state index contributed by atoms with van der Waals surface area (Å²) < 4.78 is 9.25. The number of methoxy groups -OCH3 is 2. The van der Waals surface area contributed by atoms with Gasteiger partial charge in [0.15, 0.2) is 0 Å². The number of benzene rings is 1. The lowest BCUT2D eigenvalue weighted by Gasteiger charge is -2.02. The van der Waals surface area contributed by atoms with Crippen LogP contribution in [0.25, 0.3) is 10.9 Å². The van der Waals surface area contributed by atoms with Gasteiger partial charge in [0.1, 0.15) is 5.75 Å². The zero-order valence-electron chi connectivity index (χ0n) is 11.5. The van der Waals surface area contributed by atoms with E-state index in [0.717, 1.165) is 17.2 Å². The maximum absolute atomic E-state index is 8.95. The molecule has 0 aliphatic heterocycles. The molecule has 1 N–H and O–H groups in total. The molecule has 19 heavy (non-hydrogen) atoms. The van der Waals surface area contributed by atoms with Gasteiger partial charge in [0.05, 0.1) is 19.7 Å². The van der Waals surface area contributed by atoms with Crippen molar-refractivity contribution in [3.63, 3.8) is 0 Å². The Labute approximate surface area is 112 Å². The third kappa shape index (κ3) is 3.08.